The lowest BCUT2D eigenvalue weighted by molar-refractivity contribution is -0.130. The van der Waals surface area contributed by atoms with E-state index >= 15 is 0 Å². The lowest BCUT2D eigenvalue weighted by Crippen LogP contribution is -2.42. The number of nitrogens with zero attached hydrogens (tertiary/aromatic N) is 2. The summed E-state index contributed by atoms with van der Waals surface area (Å²) in [6.45, 7) is 1.70. The first kappa shape index (κ1) is 14.9. The van der Waals surface area contributed by atoms with Gasteiger partial charge in [0.2, 0.25) is 5.91 Å². The van der Waals surface area contributed by atoms with Gasteiger partial charge in [-0.2, -0.15) is 0 Å². The molecule has 24 heavy (non-hydrogen) atoms. The quantitative estimate of drug-likeness (QED) is 0.816. The van der Waals surface area contributed by atoms with Gasteiger partial charge in [-0.1, -0.05) is 24.3 Å². The number of hydrogen-bond acceptors (Lipinski definition) is 3. The lowest BCUT2D eigenvalue weighted by Gasteiger charge is -2.27. The van der Waals surface area contributed by atoms with Crippen LogP contribution in [0.2, 0.25) is 0 Å². The molecule has 5 heteroatoms. The second kappa shape index (κ2) is 5.74. The topological polar surface area (TPSA) is 57.7 Å². The van der Waals surface area contributed by atoms with Crippen LogP contribution in [0.3, 0.4) is 0 Å². The minimum Gasteiger partial charge on any atom is -0.343 e. The Kier molecular flexibility index (Phi) is 3.56. The van der Waals surface area contributed by atoms with Crippen LogP contribution in [0.5, 0.6) is 0 Å². The fraction of sp³-hybridized carbons (Fsp3) is 0.316. The SMILES string of the molecule is O=C(CCN1C(=O)c2cccc3cccc(c23)C1=O)N1CCCC1. The number of rotatable bonds is 3. The van der Waals surface area contributed by atoms with Crippen LogP contribution < -0.4 is 0 Å². The van der Waals surface area contributed by atoms with E-state index in [-0.39, 0.29) is 30.7 Å². The molecule has 1 fully saturated rings. The molecule has 2 aliphatic rings. The molecular formula is C19H18N2O3. The average molecular weight is 322 g/mol. The van der Waals surface area contributed by atoms with Crippen molar-refractivity contribution in [3.8, 4) is 0 Å². The van der Waals surface area contributed by atoms with Gasteiger partial charge in [-0.3, -0.25) is 19.3 Å². The third kappa shape index (κ3) is 2.28. The molecule has 0 aromatic heterocycles. The highest BCUT2D eigenvalue weighted by atomic mass is 16.2. The lowest BCUT2D eigenvalue weighted by atomic mass is 9.94. The van der Waals surface area contributed by atoms with E-state index in [0.29, 0.717) is 11.1 Å². The summed E-state index contributed by atoms with van der Waals surface area (Å²) in [7, 11) is 0. The van der Waals surface area contributed by atoms with Crippen LogP contribution in [0.4, 0.5) is 0 Å². The molecule has 0 atom stereocenters. The summed E-state index contributed by atoms with van der Waals surface area (Å²) in [6, 6.07) is 10.9. The highest BCUT2D eigenvalue weighted by molar-refractivity contribution is 6.25. The number of hydrogen-bond donors (Lipinski definition) is 0. The molecule has 1 saturated heterocycles. The van der Waals surface area contributed by atoms with Gasteiger partial charge in [-0.05, 0) is 30.4 Å². The van der Waals surface area contributed by atoms with E-state index in [2.05, 4.69) is 0 Å². The molecule has 5 nitrogen and oxygen atoms in total. The number of benzene rings is 2. The average Bonchev–Trinajstić information content (AvgIpc) is 3.14. The molecule has 0 saturated carbocycles. The van der Waals surface area contributed by atoms with Gasteiger partial charge in [0.05, 0.1) is 0 Å². The van der Waals surface area contributed by atoms with Gasteiger partial charge in [-0.15, -0.1) is 0 Å². The number of imide groups is 1. The Labute approximate surface area is 139 Å². The summed E-state index contributed by atoms with van der Waals surface area (Å²) in [5, 5.41) is 1.61. The summed E-state index contributed by atoms with van der Waals surface area (Å²) in [5.74, 6) is -0.595. The fourth-order valence-corrected chi connectivity index (χ4v) is 3.62. The molecular weight excluding hydrogens is 304 g/mol. The number of carbonyl (C=O) groups excluding carboxylic acids is 3. The second-order valence-electron chi connectivity index (χ2n) is 6.31. The smallest absolute Gasteiger partial charge is 0.261 e. The van der Waals surface area contributed by atoms with Crippen LogP contribution in [0.25, 0.3) is 10.8 Å². The first-order valence-electron chi connectivity index (χ1n) is 8.32. The highest BCUT2D eigenvalue weighted by Crippen LogP contribution is 2.30. The predicted molar refractivity (Wildman–Crippen MR) is 89.7 cm³/mol. The van der Waals surface area contributed by atoms with Crippen LogP contribution >= 0.6 is 0 Å². The summed E-state index contributed by atoms with van der Waals surface area (Å²) in [6.07, 6.45) is 2.25. The normalized spacial score (nSPS) is 17.0. The van der Waals surface area contributed by atoms with Crippen LogP contribution in [-0.2, 0) is 4.79 Å². The first-order valence-corrected chi connectivity index (χ1v) is 8.32. The maximum atomic E-state index is 12.7. The zero-order valence-electron chi connectivity index (χ0n) is 13.3. The second-order valence-corrected chi connectivity index (χ2v) is 6.31. The summed E-state index contributed by atoms with van der Waals surface area (Å²) in [5.41, 5.74) is 1.08. The molecule has 0 aliphatic carbocycles. The van der Waals surface area contributed by atoms with Crippen molar-refractivity contribution in [3.05, 3.63) is 47.5 Å². The Morgan fingerprint density at radius 3 is 2.08 bits per heavy atom. The number of carbonyl (C=O) groups is 3. The molecule has 0 bridgehead atoms. The largest absolute Gasteiger partial charge is 0.343 e. The van der Waals surface area contributed by atoms with E-state index in [1.165, 1.54) is 4.90 Å². The molecule has 0 unspecified atom stereocenters. The Bertz CT molecular complexity index is 802. The molecule has 0 spiro atoms. The zero-order valence-corrected chi connectivity index (χ0v) is 13.3. The zero-order chi connectivity index (χ0) is 16.7. The van der Waals surface area contributed by atoms with Crippen molar-refractivity contribution in [2.45, 2.75) is 19.3 Å². The third-order valence-corrected chi connectivity index (χ3v) is 4.86. The highest BCUT2D eigenvalue weighted by Gasteiger charge is 2.33. The molecule has 0 N–H and O–H groups in total. The summed E-state index contributed by atoms with van der Waals surface area (Å²) >= 11 is 0. The minimum atomic E-state index is -0.307. The maximum absolute atomic E-state index is 12.7. The molecule has 2 heterocycles. The van der Waals surface area contributed by atoms with Gasteiger partial charge in [0, 0.05) is 42.6 Å². The standard InChI is InChI=1S/C19H18N2O3/c22-16(20-10-1-2-11-20)9-12-21-18(23)14-7-3-5-13-6-4-8-15(17(13)14)19(21)24/h3-8H,1-2,9-12H2. The first-order chi connectivity index (χ1) is 11.7. The summed E-state index contributed by atoms with van der Waals surface area (Å²) < 4.78 is 0. The number of likely N-dealkylation sites (tertiary alicyclic amines) is 1. The van der Waals surface area contributed by atoms with Crippen molar-refractivity contribution < 1.29 is 14.4 Å². The molecule has 2 aromatic carbocycles. The van der Waals surface area contributed by atoms with Crippen molar-refractivity contribution >= 4 is 28.5 Å². The van der Waals surface area contributed by atoms with Gasteiger partial charge in [0.1, 0.15) is 0 Å². The molecule has 0 radical (unpaired) electrons. The third-order valence-electron chi connectivity index (χ3n) is 4.86. The molecule has 2 aromatic rings. The van der Waals surface area contributed by atoms with Gasteiger partial charge in [0.25, 0.3) is 11.8 Å². The maximum Gasteiger partial charge on any atom is 0.261 e. The Morgan fingerprint density at radius 2 is 1.50 bits per heavy atom. The van der Waals surface area contributed by atoms with E-state index in [1.807, 2.05) is 29.2 Å². The van der Waals surface area contributed by atoms with E-state index < -0.39 is 0 Å². The van der Waals surface area contributed by atoms with Crippen molar-refractivity contribution in [3.63, 3.8) is 0 Å². The Hall–Kier alpha value is -2.69. The summed E-state index contributed by atoms with van der Waals surface area (Å²) in [4.78, 5) is 40.7. The van der Waals surface area contributed by atoms with Crippen LogP contribution in [0.1, 0.15) is 40.0 Å². The number of amides is 3. The molecule has 3 amide bonds. The van der Waals surface area contributed by atoms with Crippen molar-refractivity contribution in [1.82, 2.24) is 9.80 Å². The van der Waals surface area contributed by atoms with Crippen LogP contribution in [0.15, 0.2) is 36.4 Å². The van der Waals surface area contributed by atoms with E-state index in [4.69, 9.17) is 0 Å². The van der Waals surface area contributed by atoms with Gasteiger partial charge in [0.15, 0.2) is 0 Å². The van der Waals surface area contributed by atoms with Gasteiger partial charge < -0.3 is 4.90 Å². The van der Waals surface area contributed by atoms with Crippen molar-refractivity contribution in [2.75, 3.05) is 19.6 Å². The van der Waals surface area contributed by atoms with Crippen molar-refractivity contribution in [1.29, 1.82) is 0 Å². The van der Waals surface area contributed by atoms with Crippen LogP contribution in [0, 0.1) is 0 Å². The molecule has 2 aliphatic heterocycles. The molecule has 122 valence electrons. The van der Waals surface area contributed by atoms with Gasteiger partial charge >= 0.3 is 0 Å². The molecule has 4 rings (SSSR count). The van der Waals surface area contributed by atoms with Gasteiger partial charge in [-0.25, -0.2) is 0 Å². The van der Waals surface area contributed by atoms with Crippen LogP contribution in [-0.4, -0.2) is 47.2 Å². The Morgan fingerprint density at radius 1 is 0.917 bits per heavy atom. The minimum absolute atomic E-state index is 0.0187. The van der Waals surface area contributed by atoms with E-state index in [0.717, 1.165) is 36.7 Å². The fourth-order valence-electron chi connectivity index (χ4n) is 3.62. The van der Waals surface area contributed by atoms with E-state index in [1.54, 1.807) is 12.1 Å². The monoisotopic (exact) mass is 322 g/mol. The Balaban J connectivity index is 1.61. The predicted octanol–water partition coefficient (Wildman–Crippen LogP) is 2.45. The van der Waals surface area contributed by atoms with E-state index in [9.17, 15) is 14.4 Å². The van der Waals surface area contributed by atoms with Crippen molar-refractivity contribution in [2.24, 2.45) is 0 Å².